The molecule has 0 aromatic heterocycles. The quantitative estimate of drug-likeness (QED) is 0.732. The second-order valence-electron chi connectivity index (χ2n) is 4.54. The van der Waals surface area contributed by atoms with Crippen molar-refractivity contribution in [1.82, 2.24) is 5.32 Å². The van der Waals surface area contributed by atoms with Crippen LogP contribution in [-0.4, -0.2) is 31.2 Å². The lowest BCUT2D eigenvalue weighted by Gasteiger charge is -2.28. The number of ether oxygens (including phenoxy) is 1. The van der Waals surface area contributed by atoms with Crippen molar-refractivity contribution in [3.8, 4) is 0 Å². The highest BCUT2D eigenvalue weighted by Crippen LogP contribution is 2.23. The summed E-state index contributed by atoms with van der Waals surface area (Å²) < 4.78 is 5.35. The summed E-state index contributed by atoms with van der Waals surface area (Å²) in [6.07, 6.45) is 6.29. The maximum atomic E-state index is 6.27. The van der Waals surface area contributed by atoms with Crippen LogP contribution in [0.2, 0.25) is 0 Å². The molecule has 2 fully saturated rings. The summed E-state index contributed by atoms with van der Waals surface area (Å²) in [5.74, 6) is 0.723. The van der Waals surface area contributed by atoms with Gasteiger partial charge in [-0.25, -0.2) is 0 Å². The van der Waals surface area contributed by atoms with E-state index < -0.39 is 0 Å². The van der Waals surface area contributed by atoms with E-state index in [0.717, 1.165) is 25.7 Å². The minimum atomic E-state index is 0.353. The molecule has 0 radical (unpaired) electrons. The zero-order valence-electron chi connectivity index (χ0n) is 8.68. The van der Waals surface area contributed by atoms with Crippen LogP contribution in [0.1, 0.15) is 32.1 Å². The molecule has 2 aliphatic rings. The van der Waals surface area contributed by atoms with E-state index in [-0.39, 0.29) is 0 Å². The van der Waals surface area contributed by atoms with Crippen molar-refractivity contribution in [2.24, 2.45) is 5.92 Å². The lowest BCUT2D eigenvalue weighted by atomic mass is 9.94. The van der Waals surface area contributed by atoms with Crippen LogP contribution in [0.3, 0.4) is 0 Å². The number of nitrogens with one attached hydrogen (secondary N) is 1. The van der Waals surface area contributed by atoms with E-state index in [4.69, 9.17) is 16.3 Å². The third-order valence-electron chi connectivity index (χ3n) is 3.37. The normalized spacial score (nSPS) is 38.8. The van der Waals surface area contributed by atoms with E-state index in [1.54, 1.807) is 0 Å². The topological polar surface area (TPSA) is 21.3 Å². The minimum absolute atomic E-state index is 0.353. The number of alkyl halides is 1. The molecule has 0 spiro atoms. The SMILES string of the molecule is ClC1CCCCC1NCC1CCOC1. The fourth-order valence-electron chi connectivity index (χ4n) is 2.38. The summed E-state index contributed by atoms with van der Waals surface area (Å²) in [5, 5.41) is 3.95. The molecule has 1 heterocycles. The Labute approximate surface area is 91.3 Å². The molecule has 2 rings (SSSR count). The number of hydrogen-bond acceptors (Lipinski definition) is 2. The molecule has 1 saturated heterocycles. The summed E-state index contributed by atoms with van der Waals surface area (Å²) in [7, 11) is 0. The predicted octanol–water partition coefficient (Wildman–Crippen LogP) is 2.16. The van der Waals surface area contributed by atoms with Gasteiger partial charge in [0.2, 0.25) is 0 Å². The van der Waals surface area contributed by atoms with Gasteiger partial charge in [-0.2, -0.15) is 0 Å². The fourth-order valence-corrected chi connectivity index (χ4v) is 2.75. The van der Waals surface area contributed by atoms with E-state index in [0.29, 0.717) is 11.4 Å². The van der Waals surface area contributed by atoms with Gasteiger partial charge in [-0.05, 0) is 25.2 Å². The van der Waals surface area contributed by atoms with Gasteiger partial charge in [0.15, 0.2) is 0 Å². The number of hydrogen-bond donors (Lipinski definition) is 1. The first-order valence-corrected chi connectivity index (χ1v) is 6.25. The minimum Gasteiger partial charge on any atom is -0.381 e. The highest BCUT2D eigenvalue weighted by Gasteiger charge is 2.24. The average molecular weight is 218 g/mol. The summed E-state index contributed by atoms with van der Waals surface area (Å²) in [6, 6.07) is 0.547. The van der Waals surface area contributed by atoms with Gasteiger partial charge in [0, 0.05) is 24.6 Å². The van der Waals surface area contributed by atoms with E-state index in [9.17, 15) is 0 Å². The molecule has 3 unspecified atom stereocenters. The maximum Gasteiger partial charge on any atom is 0.0507 e. The zero-order chi connectivity index (χ0) is 9.80. The zero-order valence-corrected chi connectivity index (χ0v) is 9.43. The smallest absolute Gasteiger partial charge is 0.0507 e. The van der Waals surface area contributed by atoms with Crippen LogP contribution in [0, 0.1) is 5.92 Å². The molecule has 0 aromatic carbocycles. The molecule has 2 nitrogen and oxygen atoms in total. The van der Waals surface area contributed by atoms with E-state index >= 15 is 0 Å². The van der Waals surface area contributed by atoms with E-state index in [1.165, 1.54) is 32.1 Å². The Bertz CT molecular complexity index is 171. The standard InChI is InChI=1S/C11H20ClNO/c12-10-3-1-2-4-11(10)13-7-9-5-6-14-8-9/h9-11,13H,1-8H2. The Hall–Kier alpha value is 0.210. The Morgan fingerprint density at radius 1 is 1.21 bits per heavy atom. The summed E-state index contributed by atoms with van der Waals surface area (Å²) in [4.78, 5) is 0. The second-order valence-corrected chi connectivity index (χ2v) is 5.11. The first-order valence-electron chi connectivity index (χ1n) is 5.81. The van der Waals surface area contributed by atoms with Crippen molar-refractivity contribution in [3.05, 3.63) is 0 Å². The second kappa shape index (κ2) is 5.34. The Kier molecular flexibility index (Phi) is 4.09. The molecule has 0 aromatic rings. The van der Waals surface area contributed by atoms with Crippen LogP contribution in [0.5, 0.6) is 0 Å². The lowest BCUT2D eigenvalue weighted by Crippen LogP contribution is -2.41. The number of halogens is 1. The van der Waals surface area contributed by atoms with Crippen molar-refractivity contribution in [2.75, 3.05) is 19.8 Å². The molecule has 1 saturated carbocycles. The average Bonchev–Trinajstić information content (AvgIpc) is 2.69. The van der Waals surface area contributed by atoms with Gasteiger partial charge in [0.1, 0.15) is 0 Å². The predicted molar refractivity (Wildman–Crippen MR) is 58.8 cm³/mol. The molecule has 82 valence electrons. The van der Waals surface area contributed by atoms with Gasteiger partial charge in [0.25, 0.3) is 0 Å². The first kappa shape index (κ1) is 10.7. The van der Waals surface area contributed by atoms with Crippen LogP contribution in [0.4, 0.5) is 0 Å². The molecule has 0 amide bonds. The van der Waals surface area contributed by atoms with Gasteiger partial charge in [0.05, 0.1) is 6.61 Å². The molecule has 1 aliphatic heterocycles. The third-order valence-corrected chi connectivity index (χ3v) is 3.90. The molecule has 0 bridgehead atoms. The highest BCUT2D eigenvalue weighted by molar-refractivity contribution is 6.21. The lowest BCUT2D eigenvalue weighted by molar-refractivity contribution is 0.184. The molecular weight excluding hydrogens is 198 g/mol. The molecule has 1 aliphatic carbocycles. The molecular formula is C11H20ClNO. The van der Waals surface area contributed by atoms with Gasteiger partial charge < -0.3 is 10.1 Å². The van der Waals surface area contributed by atoms with Crippen LogP contribution in [-0.2, 0) is 4.74 Å². The van der Waals surface area contributed by atoms with Gasteiger partial charge in [-0.1, -0.05) is 12.8 Å². The summed E-state index contributed by atoms with van der Waals surface area (Å²) in [5.41, 5.74) is 0. The van der Waals surface area contributed by atoms with Crippen molar-refractivity contribution in [3.63, 3.8) is 0 Å². The van der Waals surface area contributed by atoms with Crippen LogP contribution in [0.15, 0.2) is 0 Å². The molecule has 14 heavy (non-hydrogen) atoms. The Balaban J connectivity index is 1.67. The monoisotopic (exact) mass is 217 g/mol. The van der Waals surface area contributed by atoms with Crippen LogP contribution in [0.25, 0.3) is 0 Å². The van der Waals surface area contributed by atoms with Crippen LogP contribution >= 0.6 is 11.6 Å². The first-order chi connectivity index (χ1) is 6.86. The van der Waals surface area contributed by atoms with E-state index in [1.807, 2.05) is 0 Å². The van der Waals surface area contributed by atoms with Crippen LogP contribution < -0.4 is 5.32 Å². The van der Waals surface area contributed by atoms with Gasteiger partial charge in [-0.15, -0.1) is 11.6 Å². The van der Waals surface area contributed by atoms with Gasteiger partial charge in [-0.3, -0.25) is 0 Å². The Morgan fingerprint density at radius 2 is 2.07 bits per heavy atom. The largest absolute Gasteiger partial charge is 0.381 e. The molecule has 3 heteroatoms. The number of rotatable bonds is 3. The Morgan fingerprint density at radius 3 is 2.79 bits per heavy atom. The highest BCUT2D eigenvalue weighted by atomic mass is 35.5. The fraction of sp³-hybridized carbons (Fsp3) is 1.00. The van der Waals surface area contributed by atoms with Crippen molar-refractivity contribution in [2.45, 2.75) is 43.5 Å². The summed E-state index contributed by atoms with van der Waals surface area (Å²) >= 11 is 6.27. The van der Waals surface area contributed by atoms with Crippen molar-refractivity contribution < 1.29 is 4.74 Å². The molecule has 3 atom stereocenters. The summed E-state index contributed by atoms with van der Waals surface area (Å²) in [6.45, 7) is 2.97. The van der Waals surface area contributed by atoms with E-state index in [2.05, 4.69) is 5.32 Å². The maximum absolute atomic E-state index is 6.27. The third kappa shape index (κ3) is 2.85. The van der Waals surface area contributed by atoms with Crippen molar-refractivity contribution >= 4 is 11.6 Å². The van der Waals surface area contributed by atoms with Crippen molar-refractivity contribution in [1.29, 1.82) is 0 Å². The molecule has 1 N–H and O–H groups in total. The van der Waals surface area contributed by atoms with Gasteiger partial charge >= 0.3 is 0 Å².